The number of rotatable bonds is 8. The van der Waals surface area contributed by atoms with Crippen LogP contribution in [0.1, 0.15) is 50.9 Å². The maximum Gasteiger partial charge on any atom is 0.254 e. The third-order valence-electron chi connectivity index (χ3n) is 4.28. The maximum atomic E-state index is 13.1. The lowest BCUT2D eigenvalue weighted by Gasteiger charge is -2.34. The van der Waals surface area contributed by atoms with Gasteiger partial charge in [0.15, 0.2) is 11.5 Å². The molecule has 1 aromatic rings. The largest absolute Gasteiger partial charge is 0.493 e. The minimum atomic E-state index is -0.0204. The molecule has 23 heavy (non-hydrogen) atoms. The fourth-order valence-electron chi connectivity index (χ4n) is 2.58. The Labute approximate surface area is 139 Å². The summed E-state index contributed by atoms with van der Waals surface area (Å²) in [6.07, 6.45) is 1.81. The van der Waals surface area contributed by atoms with E-state index >= 15 is 0 Å². The lowest BCUT2D eigenvalue weighted by molar-refractivity contribution is 0.0597. The van der Waals surface area contributed by atoms with Gasteiger partial charge in [0.25, 0.3) is 5.91 Å². The fraction of sp³-hybridized carbons (Fsp3) is 0.611. The third-order valence-corrected chi connectivity index (χ3v) is 4.28. The molecule has 0 saturated carbocycles. The Morgan fingerprint density at radius 2 is 1.39 bits per heavy atom. The van der Waals surface area contributed by atoms with E-state index < -0.39 is 0 Å². The van der Waals surface area contributed by atoms with Gasteiger partial charge in [-0.25, -0.2) is 0 Å². The Balaban J connectivity index is 3.34. The number of hydrogen-bond acceptors (Lipinski definition) is 4. The molecule has 0 heterocycles. The second-order valence-corrected chi connectivity index (χ2v) is 5.64. The lowest BCUT2D eigenvalue weighted by atomic mass is 10.1. The highest BCUT2D eigenvalue weighted by Crippen LogP contribution is 2.38. The zero-order valence-electron chi connectivity index (χ0n) is 15.3. The smallest absolute Gasteiger partial charge is 0.254 e. The molecule has 130 valence electrons. The molecule has 1 aromatic carbocycles. The molecule has 0 aromatic heterocycles. The van der Waals surface area contributed by atoms with Crippen molar-refractivity contribution >= 4 is 5.91 Å². The van der Waals surface area contributed by atoms with Gasteiger partial charge in [-0.15, -0.1) is 0 Å². The molecule has 0 aliphatic heterocycles. The summed E-state index contributed by atoms with van der Waals surface area (Å²) < 4.78 is 16.0. The van der Waals surface area contributed by atoms with Gasteiger partial charge in [-0.3, -0.25) is 4.79 Å². The standard InChI is InChI=1S/C18H29NO4/c1-8-12(3)19(13(4)9-2)18(20)14-10-15(21-5)17(23-7)16(11-14)22-6/h10-13H,8-9H2,1-7H3/t12-,13-/m1/s1. The van der Waals surface area contributed by atoms with Crippen LogP contribution < -0.4 is 14.2 Å². The summed E-state index contributed by atoms with van der Waals surface area (Å²) in [4.78, 5) is 15.0. The van der Waals surface area contributed by atoms with Gasteiger partial charge in [0.05, 0.1) is 21.3 Å². The van der Waals surface area contributed by atoms with Crippen LogP contribution in [0.15, 0.2) is 12.1 Å². The first kappa shape index (κ1) is 19.1. The Morgan fingerprint density at radius 3 is 1.70 bits per heavy atom. The molecule has 0 saturated heterocycles. The van der Waals surface area contributed by atoms with Crippen LogP contribution in [-0.2, 0) is 0 Å². The van der Waals surface area contributed by atoms with Gasteiger partial charge in [0.1, 0.15) is 0 Å². The Morgan fingerprint density at radius 1 is 0.957 bits per heavy atom. The van der Waals surface area contributed by atoms with Crippen LogP contribution in [0.2, 0.25) is 0 Å². The highest BCUT2D eigenvalue weighted by molar-refractivity contribution is 5.96. The molecule has 5 nitrogen and oxygen atoms in total. The summed E-state index contributed by atoms with van der Waals surface area (Å²) in [7, 11) is 4.64. The number of ether oxygens (including phenoxy) is 3. The summed E-state index contributed by atoms with van der Waals surface area (Å²) in [6, 6.07) is 3.75. The predicted molar refractivity (Wildman–Crippen MR) is 91.8 cm³/mol. The SMILES string of the molecule is CC[C@@H](C)N(C(=O)c1cc(OC)c(OC)c(OC)c1)[C@H](C)CC. The number of methoxy groups -OCH3 is 3. The molecule has 0 bridgehead atoms. The van der Waals surface area contributed by atoms with E-state index in [4.69, 9.17) is 14.2 Å². The van der Waals surface area contributed by atoms with Gasteiger partial charge in [-0.05, 0) is 38.8 Å². The van der Waals surface area contributed by atoms with E-state index in [1.54, 1.807) is 33.5 Å². The molecule has 2 atom stereocenters. The summed E-state index contributed by atoms with van der Waals surface area (Å²) >= 11 is 0. The predicted octanol–water partition coefficient (Wildman–Crippen LogP) is 3.75. The summed E-state index contributed by atoms with van der Waals surface area (Å²) in [5.74, 6) is 1.45. The highest BCUT2D eigenvalue weighted by atomic mass is 16.5. The summed E-state index contributed by atoms with van der Waals surface area (Å²) in [5.41, 5.74) is 0.542. The van der Waals surface area contributed by atoms with E-state index in [-0.39, 0.29) is 18.0 Å². The first-order valence-electron chi connectivity index (χ1n) is 8.07. The van der Waals surface area contributed by atoms with Crippen molar-refractivity contribution in [2.75, 3.05) is 21.3 Å². The number of carbonyl (C=O) groups is 1. The number of carbonyl (C=O) groups excluding carboxylic acids is 1. The number of nitrogens with zero attached hydrogens (tertiary/aromatic N) is 1. The highest BCUT2D eigenvalue weighted by Gasteiger charge is 2.26. The van der Waals surface area contributed by atoms with Crippen molar-refractivity contribution in [3.8, 4) is 17.2 Å². The monoisotopic (exact) mass is 323 g/mol. The topological polar surface area (TPSA) is 48.0 Å². The summed E-state index contributed by atoms with van der Waals surface area (Å²) in [6.45, 7) is 8.31. The molecule has 0 N–H and O–H groups in total. The van der Waals surface area contributed by atoms with Gasteiger partial charge in [0, 0.05) is 17.6 Å². The van der Waals surface area contributed by atoms with E-state index in [0.717, 1.165) is 12.8 Å². The minimum absolute atomic E-state index is 0.0204. The van der Waals surface area contributed by atoms with Crippen molar-refractivity contribution in [3.05, 3.63) is 17.7 Å². The van der Waals surface area contributed by atoms with Gasteiger partial charge in [-0.2, -0.15) is 0 Å². The zero-order valence-corrected chi connectivity index (χ0v) is 15.3. The van der Waals surface area contributed by atoms with Crippen molar-refractivity contribution in [2.24, 2.45) is 0 Å². The van der Waals surface area contributed by atoms with Crippen LogP contribution in [-0.4, -0.2) is 44.2 Å². The number of hydrogen-bond donors (Lipinski definition) is 0. The van der Waals surface area contributed by atoms with Gasteiger partial charge < -0.3 is 19.1 Å². The molecule has 0 radical (unpaired) electrons. The van der Waals surface area contributed by atoms with E-state index in [0.29, 0.717) is 22.8 Å². The Kier molecular flexibility index (Phi) is 7.20. The van der Waals surface area contributed by atoms with E-state index in [2.05, 4.69) is 27.7 Å². The van der Waals surface area contributed by atoms with Crippen LogP contribution in [0.25, 0.3) is 0 Å². The molecule has 0 unspecified atom stereocenters. The molecular formula is C18H29NO4. The normalized spacial score (nSPS) is 13.2. The van der Waals surface area contributed by atoms with Crippen LogP contribution in [0, 0.1) is 0 Å². The maximum absolute atomic E-state index is 13.1. The molecule has 0 fully saturated rings. The molecule has 0 aliphatic carbocycles. The Bertz CT molecular complexity index is 495. The molecule has 1 amide bonds. The minimum Gasteiger partial charge on any atom is -0.493 e. The van der Waals surface area contributed by atoms with E-state index in [1.807, 2.05) is 4.90 Å². The van der Waals surface area contributed by atoms with Crippen molar-refractivity contribution < 1.29 is 19.0 Å². The van der Waals surface area contributed by atoms with E-state index in [1.165, 1.54) is 0 Å². The average molecular weight is 323 g/mol. The van der Waals surface area contributed by atoms with Gasteiger partial charge >= 0.3 is 0 Å². The lowest BCUT2D eigenvalue weighted by Crippen LogP contribution is -2.44. The van der Waals surface area contributed by atoms with Crippen LogP contribution in [0.3, 0.4) is 0 Å². The quantitative estimate of drug-likeness (QED) is 0.731. The number of amides is 1. The van der Waals surface area contributed by atoms with Crippen molar-refractivity contribution in [1.82, 2.24) is 4.90 Å². The second-order valence-electron chi connectivity index (χ2n) is 5.64. The zero-order chi connectivity index (χ0) is 17.6. The van der Waals surface area contributed by atoms with Crippen LogP contribution >= 0.6 is 0 Å². The molecular weight excluding hydrogens is 294 g/mol. The second kappa shape index (κ2) is 8.65. The molecule has 0 spiro atoms. The number of benzene rings is 1. The van der Waals surface area contributed by atoms with Gasteiger partial charge in [-0.1, -0.05) is 13.8 Å². The first-order chi connectivity index (χ1) is 10.9. The third kappa shape index (κ3) is 4.09. The molecule has 1 rings (SSSR count). The van der Waals surface area contributed by atoms with Crippen molar-refractivity contribution in [2.45, 2.75) is 52.6 Å². The van der Waals surface area contributed by atoms with Crippen molar-refractivity contribution in [3.63, 3.8) is 0 Å². The fourth-order valence-corrected chi connectivity index (χ4v) is 2.58. The van der Waals surface area contributed by atoms with Crippen molar-refractivity contribution in [1.29, 1.82) is 0 Å². The van der Waals surface area contributed by atoms with E-state index in [9.17, 15) is 4.79 Å². The average Bonchev–Trinajstić information content (AvgIpc) is 2.59. The Hall–Kier alpha value is -1.91. The summed E-state index contributed by atoms with van der Waals surface area (Å²) in [5, 5.41) is 0. The van der Waals surface area contributed by atoms with Crippen LogP contribution in [0.5, 0.6) is 17.2 Å². The van der Waals surface area contributed by atoms with Gasteiger partial charge in [0.2, 0.25) is 5.75 Å². The molecule has 5 heteroatoms. The molecule has 0 aliphatic rings. The van der Waals surface area contributed by atoms with Crippen LogP contribution in [0.4, 0.5) is 0 Å². The first-order valence-corrected chi connectivity index (χ1v) is 8.07.